The number of aliphatic hydroxyl groups is 1. The van der Waals surface area contributed by atoms with Crippen molar-refractivity contribution in [2.45, 2.75) is 81.6 Å². The lowest BCUT2D eigenvalue weighted by Gasteiger charge is -2.29. The molecule has 1 fully saturated rings. The third-order valence-electron chi connectivity index (χ3n) is 16.9. The van der Waals surface area contributed by atoms with E-state index in [1.165, 1.54) is 30.5 Å². The number of likely N-dealkylation sites (tertiary alicyclic amines) is 1. The van der Waals surface area contributed by atoms with Crippen molar-refractivity contribution in [1.29, 1.82) is 5.41 Å². The first-order valence-corrected chi connectivity index (χ1v) is 34.9. The van der Waals surface area contributed by atoms with Gasteiger partial charge < -0.3 is 84.0 Å². The van der Waals surface area contributed by atoms with E-state index in [0.717, 1.165) is 32.7 Å². The summed E-state index contributed by atoms with van der Waals surface area (Å²) in [5.74, 6) is -10.9. The molecule has 0 bridgehead atoms. The molecule has 7 atom stereocenters. The molecule has 35 heteroatoms. The highest BCUT2D eigenvalue weighted by Crippen LogP contribution is 2.48. The molecule has 4 unspecified atom stereocenters. The summed E-state index contributed by atoms with van der Waals surface area (Å²) in [6, 6.07) is 22.0. The molecule has 32 nitrogen and oxygen atoms in total. The van der Waals surface area contributed by atoms with Gasteiger partial charge in [0, 0.05) is 118 Å². The number of benzene rings is 4. The molecule has 6 amide bonds. The van der Waals surface area contributed by atoms with Crippen LogP contribution in [0.2, 0.25) is 0 Å². The minimum absolute atomic E-state index is 0.0177. The number of anilines is 4. The number of nitrogens with one attached hydrogen (secondary N) is 11. The molecule has 0 spiro atoms. The number of aromatic nitrogens is 6. The third-order valence-corrected chi connectivity index (χ3v) is 19.7. The number of allylic oxidation sites excluding steroid dienone is 1. The summed E-state index contributed by atoms with van der Waals surface area (Å²) in [5.41, 5.74) is 16.6. The number of alkyl halides is 1. The van der Waals surface area contributed by atoms with Crippen LogP contribution in [0.5, 0.6) is 0 Å². The lowest BCUT2D eigenvalue weighted by molar-refractivity contribution is -0.143. The van der Waals surface area contributed by atoms with Crippen molar-refractivity contribution >= 4 is 154 Å². The molecule has 532 valence electrons. The van der Waals surface area contributed by atoms with Crippen molar-refractivity contribution in [1.82, 2.24) is 56.1 Å². The summed E-state index contributed by atoms with van der Waals surface area (Å²) in [5, 5.41) is 67.8. The van der Waals surface area contributed by atoms with E-state index >= 15 is 0 Å². The summed E-state index contributed by atoms with van der Waals surface area (Å²) in [7, 11) is 2.11. The number of H-pyrrole nitrogens is 3. The maximum Gasteiger partial charge on any atom is 0.327 e. The van der Waals surface area contributed by atoms with Crippen LogP contribution < -0.4 is 54.2 Å². The van der Waals surface area contributed by atoms with Crippen molar-refractivity contribution in [2.24, 2.45) is 17.6 Å². The molecule has 4 aromatic carbocycles. The number of carbonyl (C=O) groups excluding carboxylic acids is 7. The number of carboxylic acids is 3. The Morgan fingerprint density at radius 3 is 2.08 bits per heavy atom. The topological polar surface area (TPSA) is 518 Å². The first kappa shape index (κ1) is 73.4. The van der Waals surface area contributed by atoms with Gasteiger partial charge in [0.15, 0.2) is 17.1 Å². The number of Topliss-reactive ketones (excluding diaryl/α,β-unsaturated/α-hetero) is 1. The van der Waals surface area contributed by atoms with E-state index in [4.69, 9.17) is 28.5 Å². The number of nitrogens with zero attached hydrogens (tertiary/aromatic N) is 4. The van der Waals surface area contributed by atoms with E-state index < -0.39 is 115 Å². The Bertz CT molecular complexity index is 4680. The van der Waals surface area contributed by atoms with Gasteiger partial charge in [-0.2, -0.15) is 4.98 Å². The third kappa shape index (κ3) is 18.5. The number of amides is 6. The molecule has 102 heavy (non-hydrogen) atoms. The van der Waals surface area contributed by atoms with Crippen LogP contribution in [0.1, 0.15) is 105 Å². The number of aliphatic hydroxyl groups excluding tert-OH is 1. The molecular formula is C67H70ClN17O15S2. The molecule has 2 aliphatic rings. The molecule has 4 aromatic heterocycles. The minimum atomic E-state index is -1.84. The molecule has 0 saturated carbocycles. The zero-order chi connectivity index (χ0) is 72.9. The van der Waals surface area contributed by atoms with Gasteiger partial charge in [0.1, 0.15) is 35.3 Å². The maximum atomic E-state index is 14.1. The fraction of sp³-hybridized carbons (Fsp3) is 0.299. The van der Waals surface area contributed by atoms with Crippen molar-refractivity contribution < 1.29 is 68.4 Å². The van der Waals surface area contributed by atoms with E-state index in [1.807, 2.05) is 24.3 Å². The highest BCUT2D eigenvalue weighted by atomic mass is 35.5. The predicted octanol–water partition coefficient (Wildman–Crippen LogP) is 4.89. The summed E-state index contributed by atoms with van der Waals surface area (Å²) < 4.78 is 0. The Balaban J connectivity index is 0.664. The molecule has 0 radical (unpaired) electrons. The van der Waals surface area contributed by atoms with Crippen LogP contribution in [0.4, 0.5) is 23.0 Å². The molecule has 10 rings (SSSR count). The zero-order valence-corrected chi connectivity index (χ0v) is 56.4. The van der Waals surface area contributed by atoms with Crippen LogP contribution in [-0.2, 0) is 40.1 Å². The van der Waals surface area contributed by atoms with Gasteiger partial charge in [-0.3, -0.25) is 53.5 Å². The van der Waals surface area contributed by atoms with Gasteiger partial charge in [0.05, 0.1) is 31.0 Å². The SMILES string of the molecule is N=C(N)NCCC[C@@H](CC(=O)CC[C@@H](NC(=O)c1ccc(NCc2cnc3nc(N)[nH]c(=O)c3n2)cc1)C(=O)O)C(=O)N[C@H](CC(=O)O)C(=O)NC(CSSCCC(=O)Nc1ccc2[nH]c(C(=O)Nc3ccc4[nH]c(C(=O)N5CC(CCl)C6C5=CC(O)c5ccccc56)cc4c3)cc2c1)C(=O)O. The van der Waals surface area contributed by atoms with E-state index in [1.54, 1.807) is 59.5 Å². The van der Waals surface area contributed by atoms with Gasteiger partial charge in [-0.15, -0.1) is 11.6 Å². The van der Waals surface area contributed by atoms with E-state index in [2.05, 4.69) is 67.1 Å². The van der Waals surface area contributed by atoms with Crippen LogP contribution >= 0.6 is 33.2 Å². The monoisotopic (exact) mass is 1450 g/mol. The number of rotatable bonds is 33. The Labute approximate surface area is 591 Å². The number of nitrogen functional groups attached to an aromatic ring is 1. The van der Waals surface area contributed by atoms with Crippen molar-refractivity contribution in [2.75, 3.05) is 52.2 Å². The molecule has 1 aliphatic carbocycles. The predicted molar refractivity (Wildman–Crippen MR) is 380 cm³/mol. The fourth-order valence-electron chi connectivity index (χ4n) is 11.8. The van der Waals surface area contributed by atoms with Crippen LogP contribution in [-0.4, -0.2) is 169 Å². The van der Waals surface area contributed by atoms with Gasteiger partial charge in [0.25, 0.3) is 23.3 Å². The molecule has 1 aliphatic heterocycles. The molecule has 5 heterocycles. The lowest BCUT2D eigenvalue weighted by atomic mass is 9.80. The van der Waals surface area contributed by atoms with Gasteiger partial charge in [0.2, 0.25) is 23.7 Å². The molecule has 1 saturated heterocycles. The van der Waals surface area contributed by atoms with Gasteiger partial charge in [-0.25, -0.2) is 19.6 Å². The summed E-state index contributed by atoms with van der Waals surface area (Å²) in [6.45, 7) is 0.555. The quantitative estimate of drug-likeness (QED) is 0.00856. The number of ketones is 1. The van der Waals surface area contributed by atoms with Crippen molar-refractivity contribution in [3.63, 3.8) is 0 Å². The van der Waals surface area contributed by atoms with E-state index in [9.17, 15) is 73.2 Å². The minimum Gasteiger partial charge on any atom is -0.481 e. The first-order valence-electron chi connectivity index (χ1n) is 31.9. The number of hydrogen-bond acceptors (Lipinski definition) is 20. The zero-order valence-electron chi connectivity index (χ0n) is 54.0. The van der Waals surface area contributed by atoms with Crippen molar-refractivity contribution in [3.8, 4) is 0 Å². The van der Waals surface area contributed by atoms with E-state index in [0.29, 0.717) is 68.4 Å². The summed E-state index contributed by atoms with van der Waals surface area (Å²) >= 11 is 6.44. The number of hydrogen-bond donors (Lipinski definition) is 17. The van der Waals surface area contributed by atoms with Gasteiger partial charge >= 0.3 is 17.9 Å². The Morgan fingerprint density at radius 2 is 1.39 bits per heavy atom. The van der Waals surface area contributed by atoms with Crippen LogP contribution in [0, 0.1) is 17.2 Å². The Kier molecular flexibility index (Phi) is 23.9. The van der Waals surface area contributed by atoms with Crippen LogP contribution in [0.15, 0.2) is 120 Å². The maximum absolute atomic E-state index is 14.1. The number of aliphatic carboxylic acids is 3. The first-order chi connectivity index (χ1) is 48.9. The smallest absolute Gasteiger partial charge is 0.327 e. The summed E-state index contributed by atoms with van der Waals surface area (Å²) in [6.07, 6.45) is -0.135. The average Bonchev–Trinajstić information content (AvgIpc) is 1.58. The number of halogens is 1. The van der Waals surface area contributed by atoms with Gasteiger partial charge in [-0.05, 0) is 109 Å². The Morgan fingerprint density at radius 1 is 0.725 bits per heavy atom. The average molecular weight is 1450 g/mol. The van der Waals surface area contributed by atoms with Crippen LogP contribution in [0.25, 0.3) is 33.0 Å². The van der Waals surface area contributed by atoms with Gasteiger partial charge in [-0.1, -0.05) is 45.9 Å². The second-order valence-corrected chi connectivity index (χ2v) is 27.0. The molecule has 8 aromatic rings. The second kappa shape index (κ2) is 33.2. The Hall–Kier alpha value is -11.4. The van der Waals surface area contributed by atoms with Crippen molar-refractivity contribution in [3.05, 3.63) is 159 Å². The lowest BCUT2D eigenvalue weighted by Crippen LogP contribution is -2.54. The standard InChI is InChI=1S/C67H70ClN17O15S2/c68-27-36-30-85(51-26-52(87)42-5-1-2-6-43(42)55(36)51)63(96)49-24-35-21-39(12-15-45(35)79-49)77-60(93)47-23-34-20-38(11-14-44(34)78-47)75-53(88)17-19-101-102-31-50(65(99)100)82-61(94)48(25-54(89)90)81-59(92)33(4-3-18-72-66(69)70)22-41(86)13-16-46(64(97)98)80-58(91)32-7-9-37(10-8-32)73-28-40-29-74-57-56(76-40)62(95)84-67(71)83-57/h1-2,5-12,14-15,20-21,23-24,26,29,33,36,46,48,50,52,55,73,78-79,87H,3-4,13,16-19,22,25,27-28,30-31H2,(H,75,88)(H,77,93)(H,80,91)(H,81,92)(H,82,94)(H,89,90)(H,97,98)(H,99,100)(H4,69,70,72)(H3,71,74,83,84,95)/t33-,36?,46+,48+,50?,52?,55?/m0/s1. The molecular weight excluding hydrogens is 1380 g/mol. The number of guanidine groups is 1. The fourth-order valence-corrected chi connectivity index (χ4v) is 14.3. The number of carbonyl (C=O) groups is 10. The number of carboxylic acid groups (broad SMARTS) is 3. The highest BCUT2D eigenvalue weighted by Gasteiger charge is 2.44. The number of nitrogens with two attached hydrogens (primary N) is 2. The highest BCUT2D eigenvalue weighted by molar-refractivity contribution is 8.76. The van der Waals surface area contributed by atoms with Crippen LogP contribution in [0.3, 0.4) is 0 Å². The second-order valence-electron chi connectivity index (χ2n) is 24.1. The van der Waals surface area contributed by atoms with E-state index in [-0.39, 0.29) is 95.9 Å². The summed E-state index contributed by atoms with van der Waals surface area (Å²) in [4.78, 5) is 166. The largest absolute Gasteiger partial charge is 0.481 e. The molecule has 19 N–H and O–H groups in total. The normalized spacial score (nSPS) is 15.7. The number of fused-ring (bicyclic) bond motifs is 6. The number of aromatic amines is 3.